The van der Waals surface area contributed by atoms with Gasteiger partial charge in [-0.05, 0) is 129 Å². The van der Waals surface area contributed by atoms with Crippen LogP contribution in [0.4, 0.5) is 0 Å². The Balaban J connectivity index is 1.36. The Kier molecular flexibility index (Phi) is 34.7. The molecule has 0 aromatic rings. The van der Waals surface area contributed by atoms with Crippen LogP contribution >= 0.6 is 0 Å². The maximum atomic E-state index is 15.1. The molecule has 6 aliphatic heterocycles. The molecule has 6 saturated heterocycles. The van der Waals surface area contributed by atoms with Crippen LogP contribution in [0.2, 0.25) is 0 Å². The third kappa shape index (κ3) is 22.1. The van der Waals surface area contributed by atoms with E-state index in [9.17, 15) is 60.3 Å². The molecule has 1 amide bonds. The first-order chi connectivity index (χ1) is 51.5. The van der Waals surface area contributed by atoms with Gasteiger partial charge < -0.3 is 127 Å². The number of carbonyl (C=O) groups is 4. The van der Waals surface area contributed by atoms with Gasteiger partial charge in [-0.3, -0.25) is 24.1 Å². The average Bonchev–Trinajstić information content (AvgIpc) is 0.771. The molecule has 6 aliphatic rings. The number of esters is 2. The van der Waals surface area contributed by atoms with Gasteiger partial charge in [0.05, 0.1) is 127 Å². The van der Waals surface area contributed by atoms with Gasteiger partial charge in [-0.2, -0.15) is 0 Å². The van der Waals surface area contributed by atoms with Crippen LogP contribution in [0.25, 0.3) is 0 Å². The van der Waals surface area contributed by atoms with Crippen molar-refractivity contribution in [3.8, 4) is 0 Å². The summed E-state index contributed by atoms with van der Waals surface area (Å²) in [5.74, 6) is -11.0. The standard InChI is InChI=1S/C79H141N3O29/c1-27-53-78(19,94)64(87)43(7)58(80-101-38-100-30-29-96-23)39(3)33-74(15,93)68(45(9)62(47(11)70(91)106-53)108-56-35-75(16,97-24)66(89)49(13)104-56)110-73-61(86)52(32-42(6)103-73)82(22)55(83)37-81(21)51-31-41(5)102-72(60(51)85)111-69-46(10)63(109-57-36-76(17,98-25)67(90)50(14)105-57)48(12)71(92)107-54(28-2)79(20,95)65(88)44(8)59(84)40(4)34-77(69,18)99-26/h39-54,56-57,60-69,72-73,85-90,93-95H,27-38H2,1-26H3/b80-58+/t39-,40-,41?,42?,43+,44+,45+,46+,47-,48-,49?,50?,51?,52?,53-,54-,56?,57?,60?,61?,62+,63+,64-,65-,66?,67?,68-,69-,72?,73?,74+,75?,76?,77+,78-,79-/m1/s1. The van der Waals surface area contributed by atoms with E-state index in [2.05, 4.69) is 5.16 Å². The fourth-order valence-corrected chi connectivity index (χ4v) is 17.9. The van der Waals surface area contributed by atoms with Crippen molar-refractivity contribution < 1.29 is 141 Å². The fourth-order valence-electron chi connectivity index (χ4n) is 17.9. The number of ketones is 1. The van der Waals surface area contributed by atoms with Crippen molar-refractivity contribution in [2.75, 3.05) is 69.1 Å². The largest absolute Gasteiger partial charge is 0.459 e. The minimum Gasteiger partial charge on any atom is -0.459 e. The first-order valence-electron chi connectivity index (χ1n) is 39.8. The lowest BCUT2D eigenvalue weighted by atomic mass is 9.73. The third-order valence-corrected chi connectivity index (χ3v) is 25.4. The summed E-state index contributed by atoms with van der Waals surface area (Å²) < 4.78 is 94.6. The number of aliphatic hydroxyl groups excluding tert-OH is 6. The lowest BCUT2D eigenvalue weighted by molar-refractivity contribution is -0.319. The molecule has 6 heterocycles. The number of Topliss-reactive ketones (excluding diaryl/α,β-unsaturated/α-hetero) is 1. The van der Waals surface area contributed by atoms with Crippen molar-refractivity contribution >= 4 is 29.3 Å². The molecule has 0 saturated carbocycles. The van der Waals surface area contributed by atoms with Crippen molar-refractivity contribution in [2.24, 2.45) is 52.5 Å². The summed E-state index contributed by atoms with van der Waals surface area (Å²) in [5, 5.41) is 114. The molecule has 16 unspecified atom stereocenters. The van der Waals surface area contributed by atoms with Crippen molar-refractivity contribution in [1.29, 1.82) is 0 Å². The summed E-state index contributed by atoms with van der Waals surface area (Å²) in [7, 11) is 9.03. The van der Waals surface area contributed by atoms with E-state index in [1.165, 1.54) is 68.1 Å². The number of oxime groups is 1. The van der Waals surface area contributed by atoms with Crippen LogP contribution in [0.3, 0.4) is 0 Å². The highest BCUT2D eigenvalue weighted by Crippen LogP contribution is 2.45. The second kappa shape index (κ2) is 39.9. The molecule has 36 atom stereocenters. The molecule has 0 radical (unpaired) electrons. The molecule has 32 heteroatoms. The van der Waals surface area contributed by atoms with Crippen LogP contribution in [-0.4, -0.2) is 323 Å². The Hall–Kier alpha value is -3.37. The summed E-state index contributed by atoms with van der Waals surface area (Å²) in [4.78, 5) is 68.1. The van der Waals surface area contributed by atoms with Gasteiger partial charge in [-0.25, -0.2) is 0 Å². The van der Waals surface area contributed by atoms with Crippen LogP contribution in [0, 0.1) is 47.3 Å². The van der Waals surface area contributed by atoms with Gasteiger partial charge >= 0.3 is 11.9 Å². The average molecular weight is 1600 g/mol. The van der Waals surface area contributed by atoms with Crippen LogP contribution < -0.4 is 0 Å². The van der Waals surface area contributed by atoms with Gasteiger partial charge in [0, 0.05) is 89.9 Å². The Labute approximate surface area is 657 Å². The van der Waals surface area contributed by atoms with E-state index < -0.39 is 239 Å². The zero-order chi connectivity index (χ0) is 83.9. The van der Waals surface area contributed by atoms with Gasteiger partial charge in [0.2, 0.25) is 12.7 Å². The first kappa shape index (κ1) is 96.5. The quantitative estimate of drug-likeness (QED) is 0.0303. The molecular weight excluding hydrogens is 1450 g/mol. The molecule has 32 nitrogen and oxygen atoms in total. The molecule has 0 aromatic carbocycles. The fraction of sp³-hybridized carbons (Fsp3) is 0.937. The molecule has 6 rings (SSSR count). The van der Waals surface area contributed by atoms with E-state index in [-0.39, 0.29) is 83.6 Å². The number of nitrogens with zero attached hydrogens (tertiary/aromatic N) is 3. The highest BCUT2D eigenvalue weighted by molar-refractivity contribution is 5.89. The van der Waals surface area contributed by atoms with E-state index in [0.717, 1.165) is 0 Å². The van der Waals surface area contributed by atoms with Gasteiger partial charge in [0.25, 0.3) is 0 Å². The third-order valence-electron chi connectivity index (χ3n) is 25.4. The minimum absolute atomic E-state index is 0.000967. The van der Waals surface area contributed by atoms with Crippen LogP contribution in [0.5, 0.6) is 0 Å². The predicted octanol–water partition coefficient (Wildman–Crippen LogP) is 3.93. The van der Waals surface area contributed by atoms with Crippen molar-refractivity contribution in [1.82, 2.24) is 9.80 Å². The van der Waals surface area contributed by atoms with Crippen molar-refractivity contribution in [3.05, 3.63) is 0 Å². The second-order valence-electron chi connectivity index (χ2n) is 34.4. The van der Waals surface area contributed by atoms with Crippen LogP contribution in [0.15, 0.2) is 5.16 Å². The zero-order valence-electron chi connectivity index (χ0n) is 70.8. The van der Waals surface area contributed by atoms with Gasteiger partial charge in [0.1, 0.15) is 53.6 Å². The molecule has 0 aromatic heterocycles. The molecule has 111 heavy (non-hydrogen) atoms. The smallest absolute Gasteiger partial charge is 0.311 e. The maximum Gasteiger partial charge on any atom is 0.311 e. The summed E-state index contributed by atoms with van der Waals surface area (Å²) in [6.45, 7) is 32.4. The molecule has 6 fully saturated rings. The van der Waals surface area contributed by atoms with E-state index >= 15 is 4.79 Å². The Morgan fingerprint density at radius 3 is 1.41 bits per heavy atom. The van der Waals surface area contributed by atoms with E-state index in [4.69, 9.17) is 75.9 Å². The number of hydrogen-bond donors (Lipinski definition) is 9. The zero-order valence-corrected chi connectivity index (χ0v) is 70.8. The van der Waals surface area contributed by atoms with E-state index in [1.54, 1.807) is 123 Å². The topological polar surface area (TPSA) is 417 Å². The Bertz CT molecular complexity index is 2990. The van der Waals surface area contributed by atoms with Gasteiger partial charge in [-0.15, -0.1) is 0 Å². The number of amides is 1. The number of likely N-dealkylation sites (N-methyl/N-ethyl adjacent to an activating group) is 2. The lowest BCUT2D eigenvalue weighted by Crippen LogP contribution is -2.63. The highest BCUT2D eigenvalue weighted by atomic mass is 16.8. The monoisotopic (exact) mass is 1600 g/mol. The molecule has 0 bridgehead atoms. The summed E-state index contributed by atoms with van der Waals surface area (Å²) >= 11 is 0. The SMILES string of the molecule is CC[C@H]1OC(=O)[C@H](C)[C@@H](OC2CC(C)(OC)C(O)C(C)O2)[C@H](C)[C@@H](OC2OC(C)CC(N(C)CC(=O)N(C)C3CC(C)OC(O[C@@H]4[C@@H](C)[C@H](OC5CC(C)(OC)C(O)C(C)O5)[C@@H](C)C(=O)O[C@H](CC)[C@@](C)(O)[C@H](O)[C@@H](C)/C(=N/OCOCCOC)[C@H](C)C[C@]4(C)O)C3O)C2O)[C@@](C)(OC)C[C@@H](C)C(=O)[C@H](C)[C@@H](O)[C@]1(C)O. The number of cyclic esters (lactones) is 2. The van der Waals surface area contributed by atoms with Gasteiger partial charge in [-0.1, -0.05) is 60.5 Å². The molecule has 9 N–H and O–H groups in total. The minimum atomic E-state index is -2.10. The first-order valence-corrected chi connectivity index (χ1v) is 39.8. The van der Waals surface area contributed by atoms with Crippen molar-refractivity contribution in [2.45, 2.75) is 358 Å². The number of aliphatic hydroxyl groups is 9. The molecule has 646 valence electrons. The van der Waals surface area contributed by atoms with Crippen LogP contribution in [0.1, 0.15) is 190 Å². The van der Waals surface area contributed by atoms with E-state index in [0.29, 0.717) is 0 Å². The summed E-state index contributed by atoms with van der Waals surface area (Å²) in [6, 6.07) is -1.89. The van der Waals surface area contributed by atoms with Crippen molar-refractivity contribution in [3.63, 3.8) is 0 Å². The number of ether oxygens (including phenoxy) is 15. The number of carbonyl (C=O) groups excluding carboxylic acids is 4. The molecular formula is C79H141N3O29. The predicted molar refractivity (Wildman–Crippen MR) is 402 cm³/mol. The van der Waals surface area contributed by atoms with Crippen LogP contribution in [-0.2, 0) is 95.1 Å². The maximum absolute atomic E-state index is 15.1. The Morgan fingerprint density at radius 1 is 0.523 bits per heavy atom. The lowest BCUT2D eigenvalue weighted by Gasteiger charge is -2.50. The number of methoxy groups -OCH3 is 4. The summed E-state index contributed by atoms with van der Waals surface area (Å²) in [5.41, 5.74) is -9.90. The molecule has 0 spiro atoms. The summed E-state index contributed by atoms with van der Waals surface area (Å²) in [6.07, 6.45) is -24.8. The van der Waals surface area contributed by atoms with E-state index in [1.807, 2.05) is 0 Å². The normalized spacial score (nSPS) is 47.1. The second-order valence-corrected chi connectivity index (χ2v) is 34.4. The highest BCUT2D eigenvalue weighted by Gasteiger charge is 2.58. The van der Waals surface area contributed by atoms with Gasteiger partial charge in [0.15, 0.2) is 25.2 Å². The number of hydrogen-bond acceptors (Lipinski definition) is 31. The number of rotatable bonds is 23. The Morgan fingerprint density at radius 2 is 0.955 bits per heavy atom. The molecule has 0 aliphatic carbocycles.